The lowest BCUT2D eigenvalue weighted by Gasteiger charge is -2.26. The van der Waals surface area contributed by atoms with Gasteiger partial charge in [-0.1, -0.05) is 36.8 Å². The number of sulfonamides is 1. The van der Waals surface area contributed by atoms with Gasteiger partial charge in [-0.3, -0.25) is 4.79 Å². The molecular weight excluding hydrogens is 374 g/mol. The van der Waals surface area contributed by atoms with Crippen molar-refractivity contribution in [1.82, 2.24) is 9.62 Å². The second-order valence-electron chi connectivity index (χ2n) is 6.97. The lowest BCUT2D eigenvalue weighted by Crippen LogP contribution is -2.38. The van der Waals surface area contributed by atoms with E-state index in [4.69, 9.17) is 0 Å². The second kappa shape index (κ2) is 9.21. The van der Waals surface area contributed by atoms with E-state index < -0.39 is 10.0 Å². The van der Waals surface area contributed by atoms with Crippen molar-refractivity contribution < 1.29 is 13.2 Å². The molecule has 0 saturated carbocycles. The van der Waals surface area contributed by atoms with Crippen molar-refractivity contribution in [3.05, 3.63) is 60.2 Å². The predicted molar refractivity (Wildman–Crippen MR) is 111 cm³/mol. The first-order valence-electron chi connectivity index (χ1n) is 9.64. The van der Waals surface area contributed by atoms with Crippen LogP contribution in [0.15, 0.2) is 59.5 Å². The minimum Gasteiger partial charge on any atom is -0.373 e. The van der Waals surface area contributed by atoms with Crippen LogP contribution in [0.5, 0.6) is 0 Å². The number of likely N-dealkylation sites (N-methyl/N-ethyl adjacent to an activating group) is 1. The van der Waals surface area contributed by atoms with Crippen molar-refractivity contribution in [1.29, 1.82) is 0 Å². The first kappa shape index (κ1) is 20.4. The first-order chi connectivity index (χ1) is 13.5. The maximum Gasteiger partial charge on any atom is 0.252 e. The zero-order chi connectivity index (χ0) is 20.0. The molecule has 3 rings (SSSR count). The number of benzene rings is 2. The van der Waals surface area contributed by atoms with Crippen LogP contribution in [0.1, 0.15) is 29.6 Å². The average Bonchev–Trinajstić information content (AvgIpc) is 2.75. The Labute approximate surface area is 167 Å². The third kappa shape index (κ3) is 4.72. The minimum atomic E-state index is -3.66. The van der Waals surface area contributed by atoms with Gasteiger partial charge in [0.05, 0.1) is 10.5 Å². The lowest BCUT2D eigenvalue weighted by molar-refractivity contribution is 0.0951. The highest BCUT2D eigenvalue weighted by Crippen LogP contribution is 2.23. The van der Waals surface area contributed by atoms with E-state index in [2.05, 4.69) is 5.32 Å². The van der Waals surface area contributed by atoms with Gasteiger partial charge in [0.15, 0.2) is 0 Å². The molecule has 1 heterocycles. The lowest BCUT2D eigenvalue weighted by atomic mass is 10.2. The van der Waals surface area contributed by atoms with Gasteiger partial charge in [-0.2, -0.15) is 4.31 Å². The molecule has 6 nitrogen and oxygen atoms in total. The molecule has 0 atom stereocenters. The quantitative estimate of drug-likeness (QED) is 0.775. The third-order valence-electron chi connectivity index (χ3n) is 4.99. The molecule has 28 heavy (non-hydrogen) atoms. The van der Waals surface area contributed by atoms with Crippen molar-refractivity contribution in [2.75, 3.05) is 38.1 Å². The van der Waals surface area contributed by atoms with Crippen LogP contribution in [0.25, 0.3) is 0 Å². The number of para-hydroxylation sites is 1. The normalized spacial score (nSPS) is 15.2. The summed E-state index contributed by atoms with van der Waals surface area (Å²) in [4.78, 5) is 14.8. The van der Waals surface area contributed by atoms with Crippen LogP contribution in [-0.2, 0) is 10.0 Å². The van der Waals surface area contributed by atoms with E-state index >= 15 is 0 Å². The van der Waals surface area contributed by atoms with Gasteiger partial charge in [0, 0.05) is 38.9 Å². The predicted octanol–water partition coefficient (Wildman–Crippen LogP) is 2.73. The number of nitrogens with one attached hydrogen (secondary N) is 1. The Morgan fingerprint density at radius 2 is 1.64 bits per heavy atom. The van der Waals surface area contributed by atoms with Gasteiger partial charge >= 0.3 is 0 Å². The van der Waals surface area contributed by atoms with Crippen LogP contribution in [0.3, 0.4) is 0 Å². The molecule has 1 amide bonds. The van der Waals surface area contributed by atoms with Crippen molar-refractivity contribution in [3.8, 4) is 0 Å². The molecule has 1 aliphatic rings. The van der Waals surface area contributed by atoms with E-state index in [1.165, 1.54) is 10.4 Å². The van der Waals surface area contributed by atoms with E-state index in [1.54, 1.807) is 18.2 Å². The van der Waals surface area contributed by atoms with Gasteiger partial charge in [0.25, 0.3) is 5.91 Å². The maximum absolute atomic E-state index is 13.0. The van der Waals surface area contributed by atoms with Crippen molar-refractivity contribution >= 4 is 21.6 Å². The molecule has 1 aliphatic heterocycles. The Kier molecular flexibility index (Phi) is 6.70. The second-order valence-corrected chi connectivity index (χ2v) is 8.88. The number of amides is 1. The van der Waals surface area contributed by atoms with Crippen molar-refractivity contribution in [2.24, 2.45) is 0 Å². The average molecular weight is 402 g/mol. The Morgan fingerprint density at radius 1 is 1.00 bits per heavy atom. The third-order valence-corrected chi connectivity index (χ3v) is 6.95. The van der Waals surface area contributed by atoms with Crippen LogP contribution in [0.2, 0.25) is 0 Å². The summed E-state index contributed by atoms with van der Waals surface area (Å²) in [6.45, 7) is 2.07. The topological polar surface area (TPSA) is 69.7 Å². The molecule has 0 aromatic heterocycles. The Morgan fingerprint density at radius 3 is 2.36 bits per heavy atom. The van der Waals surface area contributed by atoms with E-state index in [0.29, 0.717) is 26.2 Å². The molecule has 0 unspecified atom stereocenters. The van der Waals surface area contributed by atoms with Crippen molar-refractivity contribution in [2.45, 2.75) is 24.2 Å². The summed E-state index contributed by atoms with van der Waals surface area (Å²) < 4.78 is 27.5. The summed E-state index contributed by atoms with van der Waals surface area (Å²) in [5.74, 6) is -0.363. The summed E-state index contributed by atoms with van der Waals surface area (Å²) in [5, 5.41) is 2.85. The number of rotatable bonds is 7. The number of piperidine rings is 1. The molecule has 0 aliphatic carbocycles. The van der Waals surface area contributed by atoms with Gasteiger partial charge in [0.2, 0.25) is 10.0 Å². The van der Waals surface area contributed by atoms with Gasteiger partial charge in [0.1, 0.15) is 0 Å². The van der Waals surface area contributed by atoms with Crippen LogP contribution in [0.4, 0.5) is 5.69 Å². The van der Waals surface area contributed by atoms with E-state index in [0.717, 1.165) is 24.9 Å². The Hall–Kier alpha value is -2.38. The van der Waals surface area contributed by atoms with Crippen molar-refractivity contribution in [3.63, 3.8) is 0 Å². The highest BCUT2D eigenvalue weighted by atomic mass is 32.2. The highest BCUT2D eigenvalue weighted by molar-refractivity contribution is 7.89. The molecule has 150 valence electrons. The van der Waals surface area contributed by atoms with E-state index in [-0.39, 0.29) is 16.4 Å². The maximum atomic E-state index is 13.0. The van der Waals surface area contributed by atoms with Crippen LogP contribution in [0, 0.1) is 0 Å². The zero-order valence-electron chi connectivity index (χ0n) is 16.2. The summed E-state index contributed by atoms with van der Waals surface area (Å²) >= 11 is 0. The first-order valence-corrected chi connectivity index (χ1v) is 11.1. The smallest absolute Gasteiger partial charge is 0.252 e. The molecule has 1 N–H and O–H groups in total. The fourth-order valence-corrected chi connectivity index (χ4v) is 5.07. The number of carbonyl (C=O) groups is 1. The molecule has 1 saturated heterocycles. The monoisotopic (exact) mass is 401 g/mol. The molecule has 2 aromatic rings. The number of anilines is 1. The molecule has 0 spiro atoms. The largest absolute Gasteiger partial charge is 0.373 e. The summed E-state index contributed by atoms with van der Waals surface area (Å²) in [7, 11) is -1.71. The summed E-state index contributed by atoms with van der Waals surface area (Å²) in [6, 6.07) is 16.3. The van der Waals surface area contributed by atoms with Gasteiger partial charge in [-0.05, 0) is 37.1 Å². The number of hydrogen-bond donors (Lipinski definition) is 1. The fraction of sp³-hybridized carbons (Fsp3) is 0.381. The zero-order valence-corrected chi connectivity index (χ0v) is 17.0. The van der Waals surface area contributed by atoms with Crippen LogP contribution < -0.4 is 10.2 Å². The molecular formula is C21H27N3O3S. The van der Waals surface area contributed by atoms with Gasteiger partial charge < -0.3 is 10.2 Å². The molecule has 0 radical (unpaired) electrons. The van der Waals surface area contributed by atoms with Gasteiger partial charge in [-0.25, -0.2) is 8.42 Å². The summed E-state index contributed by atoms with van der Waals surface area (Å²) in [6.07, 6.45) is 2.77. The van der Waals surface area contributed by atoms with Gasteiger partial charge in [-0.15, -0.1) is 0 Å². The number of carbonyl (C=O) groups excluding carboxylic acids is 1. The number of nitrogens with zero attached hydrogens (tertiary/aromatic N) is 2. The number of hydrogen-bond acceptors (Lipinski definition) is 4. The minimum absolute atomic E-state index is 0.0887. The van der Waals surface area contributed by atoms with Crippen LogP contribution >= 0.6 is 0 Å². The Balaban J connectivity index is 1.67. The van der Waals surface area contributed by atoms with E-state index in [9.17, 15) is 13.2 Å². The van der Waals surface area contributed by atoms with Crippen LogP contribution in [-0.4, -0.2) is 51.9 Å². The molecule has 0 bridgehead atoms. The molecule has 7 heteroatoms. The molecule has 2 aromatic carbocycles. The summed E-state index contributed by atoms with van der Waals surface area (Å²) in [5.41, 5.74) is 1.26. The SMILES string of the molecule is CN(CCNC(=O)c1ccccc1S(=O)(=O)N1CCCCC1)c1ccccc1. The Bertz CT molecular complexity index is 894. The highest BCUT2D eigenvalue weighted by Gasteiger charge is 2.29. The fourth-order valence-electron chi connectivity index (χ4n) is 3.37. The standard InChI is InChI=1S/C21H27N3O3S/c1-23(18-10-4-2-5-11-18)17-14-22-21(25)19-12-6-7-13-20(19)28(26,27)24-15-8-3-9-16-24/h2,4-7,10-13H,3,8-9,14-17H2,1H3,(H,22,25). The molecule has 1 fully saturated rings. The van der Waals surface area contributed by atoms with E-state index in [1.807, 2.05) is 42.3 Å².